The molecule has 4 aromatic heterocycles. The molecular weight excluding hydrogens is 486 g/mol. The van der Waals surface area contributed by atoms with Crippen LogP contribution < -0.4 is 13.5 Å². The lowest BCUT2D eigenvalue weighted by atomic mass is 9.96. The summed E-state index contributed by atoms with van der Waals surface area (Å²) in [6.45, 7) is 2.94. The van der Waals surface area contributed by atoms with E-state index < -0.39 is 0 Å². The lowest BCUT2D eigenvalue weighted by Crippen LogP contribution is -2.46. The number of hydrogen-bond donors (Lipinski definition) is 0. The minimum absolute atomic E-state index is 0.760. The number of aryl methyl sites for hydroxylation is 1. The van der Waals surface area contributed by atoms with E-state index in [1.165, 1.54) is 22.3 Å². The second-order valence-electron chi connectivity index (χ2n) is 9.41. The predicted molar refractivity (Wildman–Crippen MR) is 150 cm³/mol. The van der Waals surface area contributed by atoms with Crippen molar-refractivity contribution in [3.8, 4) is 28.3 Å². The second kappa shape index (κ2) is 9.36. The topological polar surface area (TPSA) is 25.0 Å². The third-order valence-corrected chi connectivity index (χ3v) is 7.88. The summed E-state index contributed by atoms with van der Waals surface area (Å²) in [5.74, 6) is 1.06. The Morgan fingerprint density at radius 1 is 0.684 bits per heavy atom. The molecule has 7 rings (SSSR count). The van der Waals surface area contributed by atoms with Crippen molar-refractivity contribution in [2.45, 2.75) is 13.5 Å². The summed E-state index contributed by atoms with van der Waals surface area (Å²) in [6, 6.07) is 38.3. The van der Waals surface area contributed by atoms with E-state index in [2.05, 4.69) is 135 Å². The van der Waals surface area contributed by atoms with Gasteiger partial charge < -0.3 is 4.42 Å². The highest BCUT2D eigenvalue weighted by atomic mass is 32.1. The average Bonchev–Trinajstić information content (AvgIpc) is 3.54. The molecule has 0 radical (unpaired) electrons. The van der Waals surface area contributed by atoms with Gasteiger partial charge in [0.2, 0.25) is 5.58 Å². The maximum absolute atomic E-state index is 6.13. The van der Waals surface area contributed by atoms with Crippen LogP contribution in [0.2, 0.25) is 0 Å². The van der Waals surface area contributed by atoms with Crippen LogP contribution in [0, 0.1) is 6.92 Å². The van der Waals surface area contributed by atoms with Gasteiger partial charge in [-0.1, -0.05) is 65.2 Å². The lowest BCUT2D eigenvalue weighted by molar-refractivity contribution is -0.708. The van der Waals surface area contributed by atoms with Gasteiger partial charge in [0.05, 0.1) is 0 Å². The van der Waals surface area contributed by atoms with Gasteiger partial charge in [0.15, 0.2) is 18.9 Å². The van der Waals surface area contributed by atoms with E-state index in [4.69, 9.17) is 4.42 Å². The molecule has 0 saturated carbocycles. The van der Waals surface area contributed by atoms with Gasteiger partial charge in [0.1, 0.15) is 5.38 Å². The molecule has 38 heavy (non-hydrogen) atoms. The van der Waals surface area contributed by atoms with Crippen molar-refractivity contribution in [3.05, 3.63) is 138 Å². The van der Waals surface area contributed by atoms with Crippen LogP contribution in [0.25, 0.3) is 44.5 Å². The minimum atomic E-state index is 0.760. The maximum Gasteiger partial charge on any atom is 0.470 e. The van der Waals surface area contributed by atoms with Crippen molar-refractivity contribution in [3.63, 3.8) is 0 Å². The molecule has 0 saturated heterocycles. The summed E-state index contributed by atoms with van der Waals surface area (Å²) in [7, 11) is 0. The molecule has 0 aliphatic rings. The number of fused-ring (bicyclic) bond motifs is 3. The SMILES string of the molecule is Cc1ccccc1-c1ccccc1C[n+]1ccccc1-c1cccc[n+]1-c1csc2oc3ccccc3[n+]12. The Kier molecular flexibility index (Phi) is 5.56. The fraction of sp³-hybridized carbons (Fsp3) is 0.0606. The fourth-order valence-electron chi connectivity index (χ4n) is 5.26. The van der Waals surface area contributed by atoms with Gasteiger partial charge in [0, 0.05) is 35.9 Å². The molecule has 0 atom stereocenters. The van der Waals surface area contributed by atoms with Gasteiger partial charge in [-0.05, 0) is 57.6 Å². The van der Waals surface area contributed by atoms with Crippen LogP contribution in [0.5, 0.6) is 0 Å². The summed E-state index contributed by atoms with van der Waals surface area (Å²) in [6.07, 6.45) is 4.30. The zero-order chi connectivity index (χ0) is 25.5. The summed E-state index contributed by atoms with van der Waals surface area (Å²) in [5, 5.41) is 3.03. The molecule has 4 heterocycles. The molecule has 0 amide bonds. The smallest absolute Gasteiger partial charge is 0.389 e. The third kappa shape index (κ3) is 3.80. The molecule has 0 fully saturated rings. The van der Waals surface area contributed by atoms with E-state index in [-0.39, 0.29) is 0 Å². The van der Waals surface area contributed by atoms with Crippen molar-refractivity contribution >= 4 is 27.5 Å². The number of aromatic nitrogens is 3. The highest BCUT2D eigenvalue weighted by Crippen LogP contribution is 2.27. The number of benzene rings is 3. The molecule has 0 spiro atoms. The first kappa shape index (κ1) is 22.6. The fourth-order valence-corrected chi connectivity index (χ4v) is 6.12. The van der Waals surface area contributed by atoms with Gasteiger partial charge >= 0.3 is 10.8 Å². The minimum Gasteiger partial charge on any atom is -0.389 e. The summed E-state index contributed by atoms with van der Waals surface area (Å²) in [5.41, 5.74) is 9.32. The number of thiazole rings is 1. The molecule has 0 aliphatic heterocycles. The molecule has 7 aromatic rings. The Morgan fingerprint density at radius 2 is 1.39 bits per heavy atom. The average molecular weight is 513 g/mol. The number of para-hydroxylation sites is 2. The van der Waals surface area contributed by atoms with Crippen molar-refractivity contribution in [1.29, 1.82) is 0 Å². The first-order valence-electron chi connectivity index (χ1n) is 12.7. The Labute approximate surface area is 224 Å². The molecule has 182 valence electrons. The van der Waals surface area contributed by atoms with Crippen LogP contribution in [0.3, 0.4) is 0 Å². The van der Waals surface area contributed by atoms with Crippen LogP contribution in [0.4, 0.5) is 0 Å². The normalized spacial score (nSPS) is 11.4. The lowest BCUT2D eigenvalue weighted by Gasteiger charge is -2.11. The van der Waals surface area contributed by atoms with E-state index in [0.717, 1.165) is 39.9 Å². The van der Waals surface area contributed by atoms with E-state index in [0.29, 0.717) is 0 Å². The third-order valence-electron chi connectivity index (χ3n) is 7.08. The Balaban J connectivity index is 1.37. The molecule has 5 heteroatoms. The Hall–Kier alpha value is -4.61. The van der Waals surface area contributed by atoms with E-state index in [1.807, 2.05) is 12.1 Å². The van der Waals surface area contributed by atoms with E-state index in [1.54, 1.807) is 11.3 Å². The van der Waals surface area contributed by atoms with Crippen LogP contribution in [0.15, 0.2) is 131 Å². The first-order chi connectivity index (χ1) is 18.8. The highest BCUT2D eigenvalue weighted by molar-refractivity contribution is 7.14. The quantitative estimate of drug-likeness (QED) is 0.242. The van der Waals surface area contributed by atoms with Crippen LogP contribution in [0.1, 0.15) is 11.1 Å². The number of nitrogens with zero attached hydrogens (tertiary/aromatic N) is 3. The predicted octanol–water partition coefficient (Wildman–Crippen LogP) is 6.49. The number of oxazole rings is 1. The first-order valence-corrected chi connectivity index (χ1v) is 13.6. The molecule has 0 N–H and O–H groups in total. The monoisotopic (exact) mass is 512 g/mol. The van der Waals surface area contributed by atoms with Gasteiger partial charge in [-0.3, -0.25) is 0 Å². The van der Waals surface area contributed by atoms with Crippen LogP contribution in [-0.2, 0) is 6.54 Å². The molecule has 0 bridgehead atoms. The zero-order valence-corrected chi connectivity index (χ0v) is 21.8. The van der Waals surface area contributed by atoms with Crippen molar-refractivity contribution in [2.24, 2.45) is 0 Å². The Bertz CT molecular complexity index is 1930. The second-order valence-corrected chi connectivity index (χ2v) is 10.2. The van der Waals surface area contributed by atoms with Gasteiger partial charge in [-0.2, -0.15) is 4.57 Å². The standard InChI is InChI=1S/C33H26N3OS/c1-24-12-2-4-14-26(24)27-15-5-3-13-25(27)22-34-20-10-8-16-28(34)29-17-9-11-21-35(29)32-23-38-33-36(32)30-18-6-7-19-31(30)37-33/h2-21,23H,22H2,1H3/q+3. The van der Waals surface area contributed by atoms with Crippen molar-refractivity contribution in [2.75, 3.05) is 0 Å². The largest absolute Gasteiger partial charge is 0.470 e. The van der Waals surface area contributed by atoms with Gasteiger partial charge in [-0.15, -0.1) is 0 Å². The molecule has 0 unspecified atom stereocenters. The number of hydrogen-bond acceptors (Lipinski definition) is 2. The number of pyridine rings is 2. The summed E-state index contributed by atoms with van der Waals surface area (Å²) in [4.78, 5) is 0. The van der Waals surface area contributed by atoms with E-state index >= 15 is 0 Å². The van der Waals surface area contributed by atoms with Crippen LogP contribution >= 0.6 is 11.3 Å². The molecular formula is C33H26N3OS+3. The van der Waals surface area contributed by atoms with Gasteiger partial charge in [-0.25, -0.2) is 0 Å². The van der Waals surface area contributed by atoms with Crippen molar-refractivity contribution in [1.82, 2.24) is 0 Å². The van der Waals surface area contributed by atoms with Crippen LogP contribution in [-0.4, -0.2) is 0 Å². The molecule has 3 aromatic carbocycles. The summed E-state index contributed by atoms with van der Waals surface area (Å²) >= 11 is 1.61. The maximum atomic E-state index is 6.13. The summed E-state index contributed by atoms with van der Waals surface area (Å²) < 4.78 is 12.9. The number of rotatable bonds is 5. The Morgan fingerprint density at radius 3 is 2.29 bits per heavy atom. The highest BCUT2D eigenvalue weighted by Gasteiger charge is 2.34. The zero-order valence-electron chi connectivity index (χ0n) is 21.0. The van der Waals surface area contributed by atoms with Gasteiger partial charge in [0.25, 0.3) is 16.9 Å². The molecule has 4 nitrogen and oxygen atoms in total. The van der Waals surface area contributed by atoms with E-state index in [9.17, 15) is 0 Å². The molecule has 0 aliphatic carbocycles. The van der Waals surface area contributed by atoms with Crippen molar-refractivity contribution < 1.29 is 18.0 Å².